The minimum absolute atomic E-state index is 0.267. The van der Waals surface area contributed by atoms with Gasteiger partial charge in [-0.1, -0.05) is 30.3 Å². The molecule has 0 spiro atoms. The fraction of sp³-hybridized carbons (Fsp3) is 0.0769. The van der Waals surface area contributed by atoms with Gasteiger partial charge in [-0.2, -0.15) is 0 Å². The number of benzene rings is 2. The maximum Gasteiger partial charge on any atom is 0.190 e. The van der Waals surface area contributed by atoms with Crippen molar-refractivity contribution >= 4 is 31.5 Å². The van der Waals surface area contributed by atoms with Crippen LogP contribution < -0.4 is 0 Å². The summed E-state index contributed by atoms with van der Waals surface area (Å²) in [5.74, 6) is 0. The first-order valence-electron chi connectivity index (χ1n) is 5.26. The Bertz CT molecular complexity index is 816. The van der Waals surface area contributed by atoms with Crippen molar-refractivity contribution in [1.82, 2.24) is 4.98 Å². The number of H-pyrrole nitrogens is 1. The van der Waals surface area contributed by atoms with E-state index < -0.39 is 9.84 Å². The predicted octanol–water partition coefficient (Wildman–Crippen LogP) is 2.72. The highest BCUT2D eigenvalue weighted by Crippen LogP contribution is 2.27. The Balaban J connectivity index is 2.47. The predicted molar refractivity (Wildman–Crippen MR) is 68.9 cm³/mol. The Morgan fingerprint density at radius 1 is 1.00 bits per heavy atom. The van der Waals surface area contributed by atoms with Gasteiger partial charge in [0.2, 0.25) is 0 Å². The number of aromatic amines is 1. The zero-order valence-electron chi connectivity index (χ0n) is 9.27. The lowest BCUT2D eigenvalue weighted by Crippen LogP contribution is -1.96. The molecule has 0 aliphatic rings. The minimum atomic E-state index is -3.19. The molecule has 0 atom stereocenters. The average molecular weight is 245 g/mol. The molecule has 2 aromatic carbocycles. The van der Waals surface area contributed by atoms with E-state index in [2.05, 4.69) is 4.98 Å². The highest BCUT2D eigenvalue weighted by molar-refractivity contribution is 7.90. The van der Waals surface area contributed by atoms with Crippen LogP contribution in [0, 0.1) is 0 Å². The molecule has 4 heteroatoms. The molecule has 86 valence electrons. The fourth-order valence-electron chi connectivity index (χ4n) is 2.06. The van der Waals surface area contributed by atoms with Gasteiger partial charge < -0.3 is 4.98 Å². The summed E-state index contributed by atoms with van der Waals surface area (Å²) in [6, 6.07) is 13.5. The van der Waals surface area contributed by atoms with E-state index in [9.17, 15) is 8.42 Å². The maximum absolute atomic E-state index is 11.5. The third-order valence-corrected chi connectivity index (χ3v) is 3.92. The van der Waals surface area contributed by atoms with Gasteiger partial charge in [0.15, 0.2) is 9.84 Å². The van der Waals surface area contributed by atoms with Gasteiger partial charge in [-0.3, -0.25) is 0 Å². The molecule has 17 heavy (non-hydrogen) atoms. The molecule has 0 amide bonds. The van der Waals surface area contributed by atoms with Gasteiger partial charge in [0, 0.05) is 17.2 Å². The SMILES string of the molecule is CS(=O)(=O)c1cc2c(ccc3ccccc32)[nH]1. The van der Waals surface area contributed by atoms with E-state index in [1.165, 1.54) is 6.26 Å². The first-order valence-corrected chi connectivity index (χ1v) is 7.15. The van der Waals surface area contributed by atoms with Crippen LogP contribution in [0.25, 0.3) is 21.7 Å². The third-order valence-electron chi connectivity index (χ3n) is 2.90. The molecular weight excluding hydrogens is 234 g/mol. The van der Waals surface area contributed by atoms with Gasteiger partial charge in [-0.15, -0.1) is 0 Å². The summed E-state index contributed by atoms with van der Waals surface area (Å²) in [7, 11) is -3.19. The van der Waals surface area contributed by atoms with Crippen molar-refractivity contribution in [3.8, 4) is 0 Å². The van der Waals surface area contributed by atoms with E-state index in [1.54, 1.807) is 6.07 Å². The highest BCUT2D eigenvalue weighted by atomic mass is 32.2. The van der Waals surface area contributed by atoms with Crippen molar-refractivity contribution in [2.45, 2.75) is 5.03 Å². The molecule has 1 aromatic heterocycles. The normalized spacial score (nSPS) is 12.3. The number of hydrogen-bond acceptors (Lipinski definition) is 2. The first-order chi connectivity index (χ1) is 8.05. The molecule has 1 N–H and O–H groups in total. The van der Waals surface area contributed by atoms with Crippen LogP contribution in [0.3, 0.4) is 0 Å². The number of fused-ring (bicyclic) bond motifs is 3. The van der Waals surface area contributed by atoms with E-state index in [0.717, 1.165) is 21.7 Å². The van der Waals surface area contributed by atoms with Gasteiger partial charge in [0.25, 0.3) is 0 Å². The quantitative estimate of drug-likeness (QED) is 0.716. The van der Waals surface area contributed by atoms with Crippen LogP contribution in [-0.2, 0) is 9.84 Å². The first kappa shape index (κ1) is 10.4. The number of sulfone groups is 1. The molecule has 3 aromatic rings. The molecule has 0 radical (unpaired) electrons. The van der Waals surface area contributed by atoms with E-state index in [-0.39, 0.29) is 5.03 Å². The molecule has 1 heterocycles. The van der Waals surface area contributed by atoms with Crippen LogP contribution in [0.5, 0.6) is 0 Å². The van der Waals surface area contributed by atoms with Crippen molar-refractivity contribution in [3.05, 3.63) is 42.5 Å². The molecular formula is C13H11NO2S. The summed E-state index contributed by atoms with van der Waals surface area (Å²) in [6.45, 7) is 0. The Morgan fingerprint density at radius 2 is 1.76 bits per heavy atom. The molecule has 0 fully saturated rings. The van der Waals surface area contributed by atoms with Crippen LogP contribution in [0.15, 0.2) is 47.5 Å². The summed E-state index contributed by atoms with van der Waals surface area (Å²) in [4.78, 5) is 2.94. The highest BCUT2D eigenvalue weighted by Gasteiger charge is 2.11. The zero-order valence-corrected chi connectivity index (χ0v) is 10.1. The van der Waals surface area contributed by atoms with E-state index in [1.807, 2.05) is 36.4 Å². The van der Waals surface area contributed by atoms with Gasteiger partial charge in [0.1, 0.15) is 5.03 Å². The third kappa shape index (κ3) is 1.61. The molecule has 0 saturated heterocycles. The molecule has 3 rings (SSSR count). The lowest BCUT2D eigenvalue weighted by atomic mass is 10.1. The second kappa shape index (κ2) is 3.34. The topological polar surface area (TPSA) is 49.9 Å². The summed E-state index contributed by atoms with van der Waals surface area (Å²) >= 11 is 0. The molecule has 3 nitrogen and oxygen atoms in total. The van der Waals surface area contributed by atoms with Gasteiger partial charge >= 0.3 is 0 Å². The van der Waals surface area contributed by atoms with E-state index in [4.69, 9.17) is 0 Å². The van der Waals surface area contributed by atoms with Crippen LogP contribution in [0.1, 0.15) is 0 Å². The lowest BCUT2D eigenvalue weighted by molar-refractivity contribution is 0.599. The van der Waals surface area contributed by atoms with Crippen molar-refractivity contribution in [1.29, 1.82) is 0 Å². The van der Waals surface area contributed by atoms with Crippen molar-refractivity contribution in [2.75, 3.05) is 6.26 Å². The summed E-state index contributed by atoms with van der Waals surface area (Å²) < 4.78 is 23.0. The number of aromatic nitrogens is 1. The Hall–Kier alpha value is -1.81. The van der Waals surface area contributed by atoms with Crippen molar-refractivity contribution in [3.63, 3.8) is 0 Å². The standard InChI is InChI=1S/C13H11NO2S/c1-17(15,16)13-8-11-10-5-3-2-4-9(10)6-7-12(11)14-13/h2-8,14H,1H3. The Labute approximate surface area is 99.0 Å². The Kier molecular flexibility index (Phi) is 2.03. The molecule has 0 bridgehead atoms. The zero-order chi connectivity index (χ0) is 12.0. The summed E-state index contributed by atoms with van der Waals surface area (Å²) in [5, 5.41) is 3.39. The van der Waals surface area contributed by atoms with E-state index >= 15 is 0 Å². The van der Waals surface area contributed by atoms with Gasteiger partial charge in [-0.05, 0) is 22.9 Å². The fourth-order valence-corrected chi connectivity index (χ4v) is 2.69. The number of nitrogens with one attached hydrogen (secondary N) is 1. The largest absolute Gasteiger partial charge is 0.346 e. The van der Waals surface area contributed by atoms with E-state index in [0.29, 0.717) is 0 Å². The minimum Gasteiger partial charge on any atom is -0.346 e. The van der Waals surface area contributed by atoms with Gasteiger partial charge in [0.05, 0.1) is 0 Å². The number of rotatable bonds is 1. The average Bonchev–Trinajstić information content (AvgIpc) is 2.72. The van der Waals surface area contributed by atoms with Crippen LogP contribution in [-0.4, -0.2) is 19.7 Å². The number of hydrogen-bond donors (Lipinski definition) is 1. The van der Waals surface area contributed by atoms with Crippen LogP contribution in [0.2, 0.25) is 0 Å². The molecule has 0 unspecified atom stereocenters. The molecule has 0 aliphatic heterocycles. The van der Waals surface area contributed by atoms with Gasteiger partial charge in [-0.25, -0.2) is 8.42 Å². The smallest absolute Gasteiger partial charge is 0.190 e. The summed E-state index contributed by atoms with van der Waals surface area (Å²) in [5.41, 5.74) is 0.851. The second-order valence-electron chi connectivity index (χ2n) is 4.15. The van der Waals surface area contributed by atoms with Crippen LogP contribution >= 0.6 is 0 Å². The monoisotopic (exact) mass is 245 g/mol. The molecule has 0 saturated carbocycles. The van der Waals surface area contributed by atoms with Crippen LogP contribution in [0.4, 0.5) is 0 Å². The second-order valence-corrected chi connectivity index (χ2v) is 6.14. The lowest BCUT2D eigenvalue weighted by Gasteiger charge is -1.97. The molecule has 0 aliphatic carbocycles. The van der Waals surface area contributed by atoms with Crippen molar-refractivity contribution in [2.24, 2.45) is 0 Å². The Morgan fingerprint density at radius 3 is 2.53 bits per heavy atom. The maximum atomic E-state index is 11.5. The summed E-state index contributed by atoms with van der Waals surface area (Å²) in [6.07, 6.45) is 1.21. The van der Waals surface area contributed by atoms with Crippen molar-refractivity contribution < 1.29 is 8.42 Å².